The molecule has 164 valence electrons. The summed E-state index contributed by atoms with van der Waals surface area (Å²) in [6.07, 6.45) is 1.11. The van der Waals surface area contributed by atoms with Crippen molar-refractivity contribution in [3.63, 3.8) is 0 Å². The lowest BCUT2D eigenvalue weighted by Crippen LogP contribution is -2.62. The summed E-state index contributed by atoms with van der Waals surface area (Å²) in [5.41, 5.74) is -0.0927. The van der Waals surface area contributed by atoms with Crippen LogP contribution in [-0.4, -0.2) is 37.9 Å². The molecular weight excluding hydrogens is 418 g/mol. The minimum absolute atomic E-state index is 0.0113. The Labute approximate surface area is 182 Å². The van der Waals surface area contributed by atoms with E-state index >= 15 is 0 Å². The molecule has 2 aromatic carbocycles. The first-order valence-corrected chi connectivity index (χ1v) is 11.4. The number of sulfonamides is 1. The molecule has 7 nitrogen and oxygen atoms in total. The molecule has 1 heterocycles. The van der Waals surface area contributed by atoms with E-state index in [1.54, 1.807) is 56.3 Å². The van der Waals surface area contributed by atoms with Crippen molar-refractivity contribution in [2.75, 3.05) is 13.2 Å². The smallest absolute Gasteiger partial charge is 0.338 e. The van der Waals surface area contributed by atoms with Crippen LogP contribution < -0.4 is 0 Å². The van der Waals surface area contributed by atoms with Gasteiger partial charge in [-0.3, -0.25) is 0 Å². The highest BCUT2D eigenvalue weighted by Crippen LogP contribution is 2.51. The molecule has 0 aromatic heterocycles. The molecule has 31 heavy (non-hydrogen) atoms. The van der Waals surface area contributed by atoms with Crippen LogP contribution in [0, 0.1) is 6.92 Å². The Morgan fingerprint density at radius 3 is 2.19 bits per heavy atom. The van der Waals surface area contributed by atoms with Gasteiger partial charge in [-0.15, -0.1) is 0 Å². The maximum absolute atomic E-state index is 13.7. The normalized spacial score (nSPS) is 19.6. The average molecular weight is 444 g/mol. The minimum Gasteiger partial charge on any atom is -0.464 e. The Bertz CT molecular complexity index is 1090. The molecule has 0 N–H and O–H groups in total. The molecule has 0 amide bonds. The summed E-state index contributed by atoms with van der Waals surface area (Å²) in [6, 6.07) is 14.9. The second-order valence-corrected chi connectivity index (χ2v) is 8.88. The van der Waals surface area contributed by atoms with Crippen molar-refractivity contribution in [1.29, 1.82) is 0 Å². The molecule has 0 aliphatic carbocycles. The van der Waals surface area contributed by atoms with Gasteiger partial charge in [0.1, 0.15) is 0 Å². The van der Waals surface area contributed by atoms with Gasteiger partial charge >= 0.3 is 11.9 Å². The summed E-state index contributed by atoms with van der Waals surface area (Å²) < 4.78 is 38.6. The number of hydrogen-bond acceptors (Lipinski definition) is 6. The summed E-state index contributed by atoms with van der Waals surface area (Å²) in [6.45, 7) is 5.39. The number of aryl methyl sites for hydroxylation is 1. The minimum atomic E-state index is -4.19. The Balaban J connectivity index is 2.21. The third-order valence-electron chi connectivity index (χ3n) is 5.04. The monoisotopic (exact) mass is 443 g/mol. The molecule has 2 aromatic rings. The van der Waals surface area contributed by atoms with Crippen molar-refractivity contribution in [2.24, 2.45) is 0 Å². The molecule has 0 spiro atoms. The maximum Gasteiger partial charge on any atom is 0.338 e. The van der Waals surface area contributed by atoms with Crippen molar-refractivity contribution in [1.82, 2.24) is 4.31 Å². The fourth-order valence-corrected chi connectivity index (χ4v) is 5.39. The molecule has 1 saturated heterocycles. The Hall–Kier alpha value is -3.13. The Kier molecular flexibility index (Phi) is 6.50. The summed E-state index contributed by atoms with van der Waals surface area (Å²) in [5, 5.41) is 0. The van der Waals surface area contributed by atoms with Gasteiger partial charge in [0.15, 0.2) is 5.54 Å². The van der Waals surface area contributed by atoms with Crippen molar-refractivity contribution >= 4 is 22.0 Å². The zero-order chi connectivity index (χ0) is 22.6. The van der Waals surface area contributed by atoms with Gasteiger partial charge in [-0.05, 0) is 38.5 Å². The van der Waals surface area contributed by atoms with Gasteiger partial charge in [0.05, 0.1) is 18.1 Å². The van der Waals surface area contributed by atoms with E-state index in [9.17, 15) is 18.0 Å². The van der Waals surface area contributed by atoms with E-state index in [0.29, 0.717) is 5.56 Å². The number of nitrogens with zero attached hydrogens (tertiary/aromatic N) is 1. The highest BCUT2D eigenvalue weighted by molar-refractivity contribution is 7.89. The van der Waals surface area contributed by atoms with Gasteiger partial charge in [0, 0.05) is 18.2 Å². The molecule has 0 radical (unpaired) electrons. The van der Waals surface area contributed by atoms with Crippen LogP contribution in [0.25, 0.3) is 0 Å². The fourth-order valence-electron chi connectivity index (χ4n) is 3.62. The third-order valence-corrected chi connectivity index (χ3v) is 6.93. The largest absolute Gasteiger partial charge is 0.464 e. The van der Waals surface area contributed by atoms with E-state index in [0.717, 1.165) is 15.9 Å². The van der Waals surface area contributed by atoms with E-state index in [1.807, 2.05) is 6.92 Å². The lowest BCUT2D eigenvalue weighted by molar-refractivity contribution is -0.159. The first-order chi connectivity index (χ1) is 14.8. The zero-order valence-electron chi connectivity index (χ0n) is 17.7. The zero-order valence-corrected chi connectivity index (χ0v) is 18.5. The number of carbonyl (C=O) groups is 2. The summed E-state index contributed by atoms with van der Waals surface area (Å²) in [7, 11) is -4.19. The molecule has 1 atom stereocenters. The number of ether oxygens (including phenoxy) is 2. The van der Waals surface area contributed by atoms with Crippen molar-refractivity contribution in [3.8, 4) is 0 Å². The Morgan fingerprint density at radius 1 is 1.00 bits per heavy atom. The molecule has 3 rings (SSSR count). The number of benzene rings is 2. The van der Waals surface area contributed by atoms with Gasteiger partial charge in [0.2, 0.25) is 0 Å². The van der Waals surface area contributed by atoms with Crippen LogP contribution in [0.15, 0.2) is 71.3 Å². The molecule has 1 aliphatic heterocycles. The summed E-state index contributed by atoms with van der Waals surface area (Å²) >= 11 is 0. The molecule has 1 unspecified atom stereocenters. The van der Waals surface area contributed by atoms with Crippen LogP contribution in [-0.2, 0) is 34.6 Å². The summed E-state index contributed by atoms with van der Waals surface area (Å²) in [5.74, 6) is -1.37. The van der Waals surface area contributed by atoms with Gasteiger partial charge < -0.3 is 9.47 Å². The first-order valence-electron chi connectivity index (χ1n) is 9.99. The Morgan fingerprint density at radius 2 is 1.61 bits per heavy atom. The third kappa shape index (κ3) is 4.07. The van der Waals surface area contributed by atoms with Crippen LogP contribution in [0.2, 0.25) is 0 Å². The lowest BCUT2D eigenvalue weighted by atomic mass is 9.78. The predicted molar refractivity (Wildman–Crippen MR) is 114 cm³/mol. The molecule has 1 fully saturated rings. The second kappa shape index (κ2) is 8.93. The van der Waals surface area contributed by atoms with Gasteiger partial charge in [-0.1, -0.05) is 48.0 Å². The molecule has 8 heteroatoms. The first kappa shape index (κ1) is 22.6. The number of carbonyl (C=O) groups excluding carboxylic acids is 2. The molecule has 0 saturated carbocycles. The van der Waals surface area contributed by atoms with Crippen molar-refractivity contribution in [3.05, 3.63) is 77.5 Å². The topological polar surface area (TPSA) is 90.0 Å². The number of hydrogen-bond donors (Lipinski definition) is 0. The highest BCUT2D eigenvalue weighted by Gasteiger charge is 2.61. The van der Waals surface area contributed by atoms with Crippen LogP contribution in [0.1, 0.15) is 31.4 Å². The quantitative estimate of drug-likeness (QED) is 0.482. The van der Waals surface area contributed by atoms with E-state index in [-0.39, 0.29) is 30.2 Å². The maximum atomic E-state index is 13.7. The standard InChI is InChI=1S/C23H25NO6S/c1-4-29-21(25)15-19-16-23(22(26)30-5-2,18-9-7-6-8-10-18)24(19)31(27,28)20-13-11-17(3)12-14-20/h6-15H,4-5,16H2,1-3H3/b19-15+. The van der Waals surface area contributed by atoms with Gasteiger partial charge in [0.25, 0.3) is 10.0 Å². The van der Waals surface area contributed by atoms with E-state index < -0.39 is 27.5 Å². The summed E-state index contributed by atoms with van der Waals surface area (Å²) in [4.78, 5) is 25.3. The van der Waals surface area contributed by atoms with Gasteiger partial charge in [-0.2, -0.15) is 0 Å². The molecule has 1 aliphatic rings. The molecule has 0 bridgehead atoms. The van der Waals surface area contributed by atoms with Crippen LogP contribution in [0.5, 0.6) is 0 Å². The van der Waals surface area contributed by atoms with E-state index in [2.05, 4.69) is 0 Å². The molecular formula is C23H25NO6S. The fraction of sp³-hybridized carbons (Fsp3) is 0.304. The number of rotatable bonds is 7. The van der Waals surface area contributed by atoms with Crippen molar-refractivity contribution in [2.45, 2.75) is 37.6 Å². The van der Waals surface area contributed by atoms with Gasteiger partial charge in [-0.25, -0.2) is 22.3 Å². The second-order valence-electron chi connectivity index (χ2n) is 7.09. The lowest BCUT2D eigenvalue weighted by Gasteiger charge is -2.52. The SMILES string of the molecule is CCOC(=O)/C=C1\CC(C(=O)OCC)(c2ccccc2)N1S(=O)(=O)c1ccc(C)cc1. The van der Waals surface area contributed by atoms with Crippen LogP contribution >= 0.6 is 0 Å². The van der Waals surface area contributed by atoms with E-state index in [1.165, 1.54) is 12.1 Å². The number of esters is 2. The van der Waals surface area contributed by atoms with E-state index in [4.69, 9.17) is 9.47 Å². The van der Waals surface area contributed by atoms with Crippen LogP contribution in [0.3, 0.4) is 0 Å². The predicted octanol–water partition coefficient (Wildman–Crippen LogP) is 3.30. The average Bonchev–Trinajstić information content (AvgIpc) is 2.71. The highest BCUT2D eigenvalue weighted by atomic mass is 32.2. The van der Waals surface area contributed by atoms with Crippen LogP contribution in [0.4, 0.5) is 0 Å². The van der Waals surface area contributed by atoms with Crippen molar-refractivity contribution < 1.29 is 27.5 Å².